The maximum absolute atomic E-state index is 12.5. The first-order chi connectivity index (χ1) is 12.0. The molecule has 0 saturated carbocycles. The number of benzene rings is 1. The van der Waals surface area contributed by atoms with Gasteiger partial charge < -0.3 is 19.9 Å². The maximum atomic E-state index is 12.5. The number of piperidine rings is 1. The van der Waals surface area contributed by atoms with Crippen molar-refractivity contribution in [3.8, 4) is 0 Å². The fourth-order valence-electron chi connectivity index (χ4n) is 3.15. The number of carbonyl (C=O) groups is 2. The third kappa shape index (κ3) is 4.57. The zero-order valence-electron chi connectivity index (χ0n) is 13.8. The maximum Gasteiger partial charge on any atom is 0.321 e. The summed E-state index contributed by atoms with van der Waals surface area (Å²) in [4.78, 5) is 28.5. The number of urea groups is 1. The van der Waals surface area contributed by atoms with Crippen LogP contribution in [0.4, 0.5) is 10.5 Å². The zero-order valence-corrected chi connectivity index (χ0v) is 15.4. The van der Waals surface area contributed by atoms with Gasteiger partial charge in [0.25, 0.3) is 0 Å². The number of halogens is 2. The van der Waals surface area contributed by atoms with Gasteiger partial charge in [0, 0.05) is 37.8 Å². The molecule has 0 radical (unpaired) electrons. The van der Waals surface area contributed by atoms with E-state index in [1.54, 1.807) is 23.1 Å². The van der Waals surface area contributed by atoms with Crippen LogP contribution in [0.5, 0.6) is 0 Å². The van der Waals surface area contributed by atoms with Crippen molar-refractivity contribution in [2.24, 2.45) is 5.92 Å². The molecule has 6 nitrogen and oxygen atoms in total. The van der Waals surface area contributed by atoms with Crippen LogP contribution in [0.3, 0.4) is 0 Å². The van der Waals surface area contributed by atoms with Crippen LogP contribution in [0, 0.1) is 5.92 Å². The highest BCUT2D eigenvalue weighted by atomic mass is 35.5. The summed E-state index contributed by atoms with van der Waals surface area (Å²) in [6.07, 6.45) is 1.37. The van der Waals surface area contributed by atoms with Gasteiger partial charge in [0.2, 0.25) is 5.91 Å². The van der Waals surface area contributed by atoms with Crippen LogP contribution in [0.2, 0.25) is 10.0 Å². The van der Waals surface area contributed by atoms with Crippen LogP contribution >= 0.6 is 23.2 Å². The zero-order chi connectivity index (χ0) is 17.8. The molecule has 1 aromatic rings. The number of hydrogen-bond donors (Lipinski definition) is 1. The van der Waals surface area contributed by atoms with Crippen molar-refractivity contribution in [1.82, 2.24) is 9.80 Å². The first-order valence-electron chi connectivity index (χ1n) is 8.42. The number of carbonyl (C=O) groups excluding carboxylic acids is 2. The van der Waals surface area contributed by atoms with E-state index in [1.807, 2.05) is 4.90 Å². The van der Waals surface area contributed by atoms with Crippen LogP contribution in [0.1, 0.15) is 12.8 Å². The van der Waals surface area contributed by atoms with E-state index < -0.39 is 0 Å². The highest BCUT2D eigenvalue weighted by molar-refractivity contribution is 6.42. The van der Waals surface area contributed by atoms with Crippen LogP contribution in [0.25, 0.3) is 0 Å². The summed E-state index contributed by atoms with van der Waals surface area (Å²) in [5.41, 5.74) is 0.603. The molecule has 8 heteroatoms. The second kappa shape index (κ2) is 8.25. The van der Waals surface area contributed by atoms with Gasteiger partial charge in [-0.2, -0.15) is 0 Å². The van der Waals surface area contributed by atoms with Gasteiger partial charge in [-0.25, -0.2) is 4.79 Å². The molecule has 0 unspecified atom stereocenters. The molecule has 2 fully saturated rings. The average molecular weight is 386 g/mol. The van der Waals surface area contributed by atoms with Gasteiger partial charge in [0.05, 0.1) is 23.3 Å². The van der Waals surface area contributed by atoms with Crippen molar-refractivity contribution >= 4 is 40.8 Å². The number of amides is 3. The Morgan fingerprint density at radius 3 is 2.32 bits per heavy atom. The van der Waals surface area contributed by atoms with Crippen LogP contribution in [-0.2, 0) is 9.53 Å². The van der Waals surface area contributed by atoms with Crippen molar-refractivity contribution in [2.75, 3.05) is 44.7 Å². The third-order valence-corrected chi connectivity index (χ3v) is 5.36. The molecule has 3 rings (SSSR count). The monoisotopic (exact) mass is 385 g/mol. The van der Waals surface area contributed by atoms with E-state index in [4.69, 9.17) is 27.9 Å². The lowest BCUT2D eigenvalue weighted by Crippen LogP contribution is -2.48. The number of rotatable bonds is 2. The number of nitrogens with zero attached hydrogens (tertiary/aromatic N) is 2. The quantitative estimate of drug-likeness (QED) is 0.850. The summed E-state index contributed by atoms with van der Waals surface area (Å²) in [6, 6.07) is 4.79. The van der Waals surface area contributed by atoms with Gasteiger partial charge in [-0.1, -0.05) is 23.2 Å². The largest absolute Gasteiger partial charge is 0.378 e. The van der Waals surface area contributed by atoms with E-state index in [2.05, 4.69) is 5.32 Å². The number of likely N-dealkylation sites (tertiary alicyclic amines) is 1. The second-order valence-corrected chi connectivity index (χ2v) is 7.07. The predicted molar refractivity (Wildman–Crippen MR) is 97.2 cm³/mol. The minimum absolute atomic E-state index is 0.00729. The third-order valence-electron chi connectivity index (χ3n) is 4.63. The van der Waals surface area contributed by atoms with E-state index in [0.29, 0.717) is 68.0 Å². The van der Waals surface area contributed by atoms with Gasteiger partial charge in [0.15, 0.2) is 0 Å². The topological polar surface area (TPSA) is 61.9 Å². The van der Waals surface area contributed by atoms with Gasteiger partial charge >= 0.3 is 6.03 Å². The molecule has 2 saturated heterocycles. The molecule has 2 aliphatic heterocycles. The Kier molecular flexibility index (Phi) is 6.04. The molecule has 0 atom stereocenters. The molecule has 136 valence electrons. The highest BCUT2D eigenvalue weighted by Crippen LogP contribution is 2.26. The minimum atomic E-state index is -0.185. The normalized spacial score (nSPS) is 19.0. The van der Waals surface area contributed by atoms with Gasteiger partial charge in [-0.3, -0.25) is 4.79 Å². The molecule has 1 N–H and O–H groups in total. The number of hydrogen-bond acceptors (Lipinski definition) is 3. The molecular weight excluding hydrogens is 365 g/mol. The van der Waals surface area contributed by atoms with Crippen LogP contribution < -0.4 is 5.32 Å². The molecule has 3 amide bonds. The SMILES string of the molecule is O=C(Nc1ccc(Cl)c(Cl)c1)N1CCC(C(=O)N2CCOCC2)CC1. The predicted octanol–water partition coefficient (Wildman–Crippen LogP) is 3.10. The Bertz CT molecular complexity index is 642. The second-order valence-electron chi connectivity index (χ2n) is 6.26. The lowest BCUT2D eigenvalue weighted by molar-refractivity contribution is -0.140. The molecule has 2 heterocycles. The minimum Gasteiger partial charge on any atom is -0.378 e. The summed E-state index contributed by atoms with van der Waals surface area (Å²) in [6.45, 7) is 3.67. The summed E-state index contributed by atoms with van der Waals surface area (Å²) in [5, 5.41) is 3.66. The van der Waals surface area contributed by atoms with Crippen molar-refractivity contribution in [2.45, 2.75) is 12.8 Å². The molecule has 2 aliphatic rings. The number of anilines is 1. The van der Waals surface area contributed by atoms with E-state index in [9.17, 15) is 9.59 Å². The summed E-state index contributed by atoms with van der Waals surface area (Å²) < 4.78 is 5.29. The number of ether oxygens (including phenoxy) is 1. The summed E-state index contributed by atoms with van der Waals surface area (Å²) in [7, 11) is 0. The Morgan fingerprint density at radius 1 is 1.00 bits per heavy atom. The van der Waals surface area contributed by atoms with E-state index in [1.165, 1.54) is 0 Å². The Labute approximate surface area is 157 Å². The average Bonchev–Trinajstić information content (AvgIpc) is 2.65. The Morgan fingerprint density at radius 2 is 1.68 bits per heavy atom. The van der Waals surface area contributed by atoms with Crippen molar-refractivity contribution in [3.05, 3.63) is 28.2 Å². The molecule has 0 spiro atoms. The first kappa shape index (κ1) is 18.3. The summed E-state index contributed by atoms with van der Waals surface area (Å²) >= 11 is 11.8. The molecule has 1 aromatic carbocycles. The molecule has 0 bridgehead atoms. The fourth-order valence-corrected chi connectivity index (χ4v) is 3.45. The standard InChI is InChI=1S/C17H21Cl2N3O3/c18-14-2-1-13(11-15(14)19)20-17(24)22-5-3-12(4-6-22)16(23)21-7-9-25-10-8-21/h1-2,11-12H,3-10H2,(H,20,24). The molecule has 0 aliphatic carbocycles. The Balaban J connectivity index is 1.50. The molecular formula is C17H21Cl2N3O3. The van der Waals surface area contributed by atoms with Gasteiger partial charge in [0.1, 0.15) is 0 Å². The first-order valence-corrected chi connectivity index (χ1v) is 9.17. The van der Waals surface area contributed by atoms with Crippen LogP contribution in [0.15, 0.2) is 18.2 Å². The van der Waals surface area contributed by atoms with Crippen molar-refractivity contribution in [1.29, 1.82) is 0 Å². The smallest absolute Gasteiger partial charge is 0.321 e. The van der Waals surface area contributed by atoms with E-state index in [0.717, 1.165) is 0 Å². The number of morpholine rings is 1. The highest BCUT2D eigenvalue weighted by Gasteiger charge is 2.30. The number of nitrogens with one attached hydrogen (secondary N) is 1. The van der Waals surface area contributed by atoms with E-state index in [-0.39, 0.29) is 17.9 Å². The molecule has 25 heavy (non-hydrogen) atoms. The van der Waals surface area contributed by atoms with E-state index >= 15 is 0 Å². The van der Waals surface area contributed by atoms with Crippen molar-refractivity contribution < 1.29 is 14.3 Å². The lowest BCUT2D eigenvalue weighted by Gasteiger charge is -2.35. The van der Waals surface area contributed by atoms with Crippen LogP contribution in [-0.4, -0.2) is 61.1 Å². The van der Waals surface area contributed by atoms with Crippen molar-refractivity contribution in [3.63, 3.8) is 0 Å². The Hall–Kier alpha value is -1.50. The van der Waals surface area contributed by atoms with Gasteiger partial charge in [-0.15, -0.1) is 0 Å². The fraction of sp³-hybridized carbons (Fsp3) is 0.529. The summed E-state index contributed by atoms with van der Waals surface area (Å²) in [5.74, 6) is 0.181. The van der Waals surface area contributed by atoms with Gasteiger partial charge in [-0.05, 0) is 31.0 Å². The lowest BCUT2D eigenvalue weighted by atomic mass is 9.95. The molecule has 0 aromatic heterocycles.